The zero-order valence-corrected chi connectivity index (χ0v) is 14.1. The molecule has 0 radical (unpaired) electrons. The van der Waals surface area contributed by atoms with Crippen molar-refractivity contribution >= 4 is 23.1 Å². The summed E-state index contributed by atoms with van der Waals surface area (Å²) in [6.45, 7) is 2.17. The number of benzene rings is 1. The van der Waals surface area contributed by atoms with E-state index in [-0.39, 0.29) is 0 Å². The van der Waals surface area contributed by atoms with Gasteiger partial charge in [0.15, 0.2) is 0 Å². The predicted octanol–water partition coefficient (Wildman–Crippen LogP) is 5.30. The summed E-state index contributed by atoms with van der Waals surface area (Å²) in [5.41, 5.74) is 2.73. The maximum absolute atomic E-state index is 4.93. The molecule has 1 unspecified atom stereocenters. The number of hydrogen-bond donors (Lipinski definition) is 0. The molecular formula is C15H14Cl2Zr. The van der Waals surface area contributed by atoms with E-state index in [9.17, 15) is 0 Å². The van der Waals surface area contributed by atoms with Crippen LogP contribution in [-0.2, 0) is 20.8 Å². The molecular weight excluding hydrogens is 342 g/mol. The van der Waals surface area contributed by atoms with Crippen LogP contribution in [0.25, 0.3) is 6.08 Å². The molecule has 0 nitrogen and oxygen atoms in total. The number of rotatable bonds is 0. The zero-order chi connectivity index (χ0) is 13.2. The van der Waals surface area contributed by atoms with Crippen molar-refractivity contribution in [2.45, 2.75) is 19.3 Å². The van der Waals surface area contributed by atoms with E-state index in [2.05, 4.69) is 55.5 Å². The summed E-state index contributed by atoms with van der Waals surface area (Å²) in [5, 5.41) is 0. The Kier molecular flexibility index (Phi) is 8.67. The second-order valence-corrected chi connectivity index (χ2v) is 7.47. The molecule has 18 heavy (non-hydrogen) atoms. The van der Waals surface area contributed by atoms with Crippen molar-refractivity contribution in [2.75, 3.05) is 0 Å². The number of halogens is 2. The van der Waals surface area contributed by atoms with E-state index < -0.39 is 20.8 Å². The average molecular weight is 356 g/mol. The zero-order valence-electron chi connectivity index (χ0n) is 10.2. The Morgan fingerprint density at radius 3 is 2.50 bits per heavy atom. The van der Waals surface area contributed by atoms with Gasteiger partial charge in [0, 0.05) is 0 Å². The van der Waals surface area contributed by atoms with Crippen LogP contribution >= 0.6 is 17.0 Å². The molecule has 0 spiro atoms. The second-order valence-electron chi connectivity index (χ2n) is 3.74. The minimum absolute atomic E-state index is 0.496. The fraction of sp³-hybridized carbons (Fsp3) is 0.200. The Morgan fingerprint density at radius 1 is 1.28 bits per heavy atom. The third-order valence-corrected chi connectivity index (χ3v) is 2.54. The summed E-state index contributed by atoms with van der Waals surface area (Å²) in [4.78, 5) is 0. The molecule has 1 aromatic rings. The first-order valence-electron chi connectivity index (χ1n) is 5.65. The van der Waals surface area contributed by atoms with Crippen LogP contribution in [0.15, 0.2) is 42.5 Å². The fourth-order valence-corrected chi connectivity index (χ4v) is 1.68. The van der Waals surface area contributed by atoms with Gasteiger partial charge >= 0.3 is 37.9 Å². The molecule has 0 fully saturated rings. The van der Waals surface area contributed by atoms with Crippen molar-refractivity contribution in [1.82, 2.24) is 0 Å². The summed E-state index contributed by atoms with van der Waals surface area (Å²) in [6.07, 6.45) is 15.3. The van der Waals surface area contributed by atoms with Crippen LogP contribution in [0.5, 0.6) is 0 Å². The van der Waals surface area contributed by atoms with Crippen molar-refractivity contribution in [3.8, 4) is 0 Å². The molecule has 0 saturated carbocycles. The molecule has 1 aromatic carbocycles. The van der Waals surface area contributed by atoms with E-state index in [1.807, 2.05) is 12.2 Å². The topological polar surface area (TPSA) is 0 Å². The van der Waals surface area contributed by atoms with Crippen LogP contribution in [0.4, 0.5) is 0 Å². The van der Waals surface area contributed by atoms with Crippen molar-refractivity contribution in [3.05, 3.63) is 65.8 Å². The molecule has 1 atom stereocenters. The normalized spacial score (nSPS) is 17.2. The van der Waals surface area contributed by atoms with Gasteiger partial charge in [-0.1, -0.05) is 31.0 Å². The van der Waals surface area contributed by atoms with Gasteiger partial charge < -0.3 is 0 Å². The van der Waals surface area contributed by atoms with E-state index >= 15 is 0 Å². The van der Waals surface area contributed by atoms with Crippen molar-refractivity contribution < 1.29 is 20.8 Å². The van der Waals surface area contributed by atoms with E-state index in [4.69, 9.17) is 17.0 Å². The Hall–Kier alpha value is -0.0969. The van der Waals surface area contributed by atoms with Crippen LogP contribution < -0.4 is 0 Å². The second kappa shape index (κ2) is 9.78. The van der Waals surface area contributed by atoms with Crippen molar-refractivity contribution in [1.29, 1.82) is 0 Å². The summed E-state index contributed by atoms with van der Waals surface area (Å²) in [6, 6.07) is 8.44. The maximum atomic E-state index is 4.93. The molecule has 2 aliphatic carbocycles. The van der Waals surface area contributed by atoms with Gasteiger partial charge in [-0.3, -0.25) is 12.2 Å². The van der Waals surface area contributed by atoms with Crippen LogP contribution in [-0.4, -0.2) is 0 Å². The van der Waals surface area contributed by atoms with Crippen LogP contribution in [0, 0.1) is 12.2 Å². The van der Waals surface area contributed by atoms with Crippen molar-refractivity contribution in [3.63, 3.8) is 0 Å². The Bertz CT molecular complexity index is 426. The predicted molar refractivity (Wildman–Crippen MR) is 75.8 cm³/mol. The summed E-state index contributed by atoms with van der Waals surface area (Å²) >= 11 is -0.826. The van der Waals surface area contributed by atoms with Crippen LogP contribution in [0.2, 0.25) is 0 Å². The molecule has 0 N–H and O–H groups in total. The average Bonchev–Trinajstić information content (AvgIpc) is 3.05. The number of hydrogen-bond acceptors (Lipinski definition) is 0. The number of allylic oxidation sites excluding steroid dienone is 5. The van der Waals surface area contributed by atoms with E-state index in [1.54, 1.807) is 0 Å². The molecule has 92 valence electrons. The van der Waals surface area contributed by atoms with Crippen LogP contribution in [0.1, 0.15) is 30.4 Å². The molecule has 0 heterocycles. The van der Waals surface area contributed by atoms with Gasteiger partial charge in [-0.2, -0.15) is 11.6 Å². The molecule has 0 amide bonds. The summed E-state index contributed by atoms with van der Waals surface area (Å²) < 4.78 is 0. The first-order valence-corrected chi connectivity index (χ1v) is 12.0. The van der Waals surface area contributed by atoms with Gasteiger partial charge in [0.1, 0.15) is 0 Å². The van der Waals surface area contributed by atoms with Gasteiger partial charge in [0.05, 0.1) is 0 Å². The van der Waals surface area contributed by atoms with Gasteiger partial charge in [0.25, 0.3) is 0 Å². The molecule has 0 aromatic heterocycles. The number of fused-ring (bicyclic) bond motifs is 1. The van der Waals surface area contributed by atoms with E-state index in [0.717, 1.165) is 6.42 Å². The minimum atomic E-state index is -0.826. The fourth-order valence-electron chi connectivity index (χ4n) is 1.68. The summed E-state index contributed by atoms with van der Waals surface area (Å²) in [7, 11) is 9.87. The third-order valence-electron chi connectivity index (χ3n) is 2.54. The quantitative estimate of drug-likeness (QED) is 0.553. The molecule has 0 aliphatic heterocycles. The molecule has 2 aliphatic rings. The third kappa shape index (κ3) is 5.70. The summed E-state index contributed by atoms with van der Waals surface area (Å²) in [5.74, 6) is 0.496. The van der Waals surface area contributed by atoms with E-state index in [0.29, 0.717) is 5.92 Å². The van der Waals surface area contributed by atoms with E-state index in [1.165, 1.54) is 11.1 Å². The molecule has 3 heteroatoms. The van der Waals surface area contributed by atoms with Crippen LogP contribution in [0.3, 0.4) is 0 Å². The van der Waals surface area contributed by atoms with Gasteiger partial charge in [0.2, 0.25) is 0 Å². The SMILES string of the molecule is CC1[C-]=Cc2ccccc21.[C-]1=CC=CC1.[Cl][Zr+2][Cl]. The van der Waals surface area contributed by atoms with Gasteiger partial charge in [-0.25, -0.2) is 18.2 Å². The Balaban J connectivity index is 0.000000170. The molecule has 3 rings (SSSR count). The molecule has 0 saturated heterocycles. The first-order chi connectivity index (χ1) is 8.79. The van der Waals surface area contributed by atoms with Gasteiger partial charge in [-0.15, -0.1) is 18.1 Å². The van der Waals surface area contributed by atoms with Crippen molar-refractivity contribution in [2.24, 2.45) is 0 Å². The standard InChI is InChI=1S/C10H9.C5H5.2ClH.Zr/c1-8-6-7-9-4-2-3-5-10(8)9;1-2-4-5-3-1;;;/h2-5,7-8H,1H3;1-3H,4H2;2*1H;/q2*-1;;;+4/p-2. The van der Waals surface area contributed by atoms with Gasteiger partial charge in [-0.05, 0) is 0 Å². The monoisotopic (exact) mass is 354 g/mol. The first kappa shape index (κ1) is 16.0. The Labute approximate surface area is 128 Å². The Morgan fingerprint density at radius 2 is 2.00 bits per heavy atom. The molecule has 0 bridgehead atoms.